The van der Waals surface area contributed by atoms with Gasteiger partial charge in [0.15, 0.2) is 5.78 Å². The second kappa shape index (κ2) is 8.52. The Balaban J connectivity index is 1.62. The van der Waals surface area contributed by atoms with Crippen molar-refractivity contribution in [2.45, 2.75) is 86.0 Å². The van der Waals surface area contributed by atoms with E-state index >= 15 is 0 Å². The molecule has 0 aromatic rings. The van der Waals surface area contributed by atoms with Crippen molar-refractivity contribution in [2.75, 3.05) is 13.7 Å². The highest BCUT2D eigenvalue weighted by Gasteiger charge is 2.72. The molecule has 0 amide bonds. The zero-order chi connectivity index (χ0) is 28.1. The summed E-state index contributed by atoms with van der Waals surface area (Å²) in [5.41, 5.74) is -1.00. The van der Waals surface area contributed by atoms with Gasteiger partial charge in [0.25, 0.3) is 0 Å². The molecule has 0 aromatic carbocycles. The minimum absolute atomic E-state index is 0.0475. The molecule has 9 atom stereocenters. The number of aliphatic hydroxyl groups is 1. The van der Waals surface area contributed by atoms with Gasteiger partial charge in [-0.2, -0.15) is 0 Å². The predicted octanol–water partition coefficient (Wildman–Crippen LogP) is 5.59. The summed E-state index contributed by atoms with van der Waals surface area (Å²) in [6.07, 6.45) is 8.92. The maximum Gasteiger partial charge on any atom is 0.339 e. The Hall–Kier alpha value is -1.95. The Morgan fingerprint density at radius 1 is 0.974 bits per heavy atom. The number of hydrogen-bond donors (Lipinski definition) is 2. The molecule has 38 heavy (non-hydrogen) atoms. The van der Waals surface area contributed by atoms with Crippen LogP contribution in [0.3, 0.4) is 0 Å². The van der Waals surface area contributed by atoms with Crippen molar-refractivity contribution in [3.63, 3.8) is 0 Å². The van der Waals surface area contributed by atoms with Crippen LogP contribution in [0.1, 0.15) is 86.0 Å². The van der Waals surface area contributed by atoms with Crippen molar-refractivity contribution < 1.29 is 29.3 Å². The van der Waals surface area contributed by atoms with Crippen LogP contribution in [0.5, 0.6) is 0 Å². The fourth-order valence-corrected chi connectivity index (χ4v) is 11.4. The number of fused-ring (bicyclic) bond motifs is 7. The number of allylic oxidation sites excluding steroid dienone is 1. The second-order valence-electron chi connectivity index (χ2n) is 14.6. The van der Waals surface area contributed by atoms with Crippen LogP contribution in [0.25, 0.3) is 0 Å². The molecule has 0 aliphatic heterocycles. The van der Waals surface area contributed by atoms with Crippen LogP contribution in [0.4, 0.5) is 0 Å². The van der Waals surface area contributed by atoms with Gasteiger partial charge < -0.3 is 14.9 Å². The predicted molar refractivity (Wildman–Crippen MR) is 144 cm³/mol. The number of carboxylic acids is 1. The molecule has 0 aromatic heterocycles. The van der Waals surface area contributed by atoms with Crippen molar-refractivity contribution in [3.8, 4) is 0 Å². The van der Waals surface area contributed by atoms with E-state index in [1.54, 1.807) is 0 Å². The lowest BCUT2D eigenvalue weighted by molar-refractivity contribution is -0.222. The monoisotopic (exact) mass is 526 g/mol. The van der Waals surface area contributed by atoms with Crippen LogP contribution < -0.4 is 0 Å². The largest absolute Gasteiger partial charge is 0.478 e. The summed E-state index contributed by atoms with van der Waals surface area (Å²) < 4.78 is 5.43. The standard InChI is InChI=1S/C32H46O6/c1-18(17-33)19-10-13-32(27(37)38-7)15-14-30(5)21(24(19)32)8-9-23-29(4)16-20(26(35)36)25(34)28(2,3)22(29)11-12-31(23,30)6/h16,19,21-24,33H,1,8-15,17H2,2-7H3,(H,35,36)/t19-,21?,22-,23+,24+,29-,30+,31+,32-/m0/s1. The molecular formula is C32H46O6. The van der Waals surface area contributed by atoms with E-state index < -0.39 is 22.2 Å². The summed E-state index contributed by atoms with van der Waals surface area (Å²) in [7, 11) is 1.49. The summed E-state index contributed by atoms with van der Waals surface area (Å²) in [5.74, 6) is -0.666. The number of ketones is 1. The zero-order valence-electron chi connectivity index (χ0n) is 24.1. The molecule has 0 bridgehead atoms. The Morgan fingerprint density at radius 3 is 2.26 bits per heavy atom. The van der Waals surface area contributed by atoms with E-state index in [0.717, 1.165) is 56.9 Å². The van der Waals surface area contributed by atoms with Crippen LogP contribution in [-0.4, -0.2) is 41.7 Å². The van der Waals surface area contributed by atoms with Crippen LogP contribution in [-0.2, 0) is 19.1 Å². The number of hydrogen-bond acceptors (Lipinski definition) is 5. The number of esters is 1. The molecule has 5 aliphatic carbocycles. The minimum Gasteiger partial charge on any atom is -0.478 e. The molecule has 6 heteroatoms. The number of aliphatic carboxylic acids is 1. The van der Waals surface area contributed by atoms with Gasteiger partial charge in [-0.1, -0.05) is 47.3 Å². The molecule has 210 valence electrons. The average Bonchev–Trinajstić information content (AvgIpc) is 3.26. The highest BCUT2D eigenvalue weighted by atomic mass is 16.5. The number of rotatable bonds is 4. The molecule has 4 saturated carbocycles. The van der Waals surface area contributed by atoms with Crippen LogP contribution in [0.2, 0.25) is 0 Å². The van der Waals surface area contributed by atoms with Crippen LogP contribution >= 0.6 is 0 Å². The molecule has 4 fully saturated rings. The third kappa shape index (κ3) is 3.19. The molecular weight excluding hydrogens is 480 g/mol. The fraction of sp³-hybridized carbons (Fsp3) is 0.781. The smallest absolute Gasteiger partial charge is 0.339 e. The van der Waals surface area contributed by atoms with Gasteiger partial charge in [-0.25, -0.2) is 4.79 Å². The Labute approximate surface area is 227 Å². The zero-order valence-corrected chi connectivity index (χ0v) is 24.1. The first-order chi connectivity index (χ1) is 17.7. The summed E-state index contributed by atoms with van der Waals surface area (Å²) in [6.45, 7) is 15.1. The first kappa shape index (κ1) is 27.6. The van der Waals surface area contributed by atoms with Crippen LogP contribution in [0, 0.1) is 56.7 Å². The number of methoxy groups -OCH3 is 1. The van der Waals surface area contributed by atoms with Gasteiger partial charge in [0.1, 0.15) is 0 Å². The van der Waals surface area contributed by atoms with Gasteiger partial charge in [0.05, 0.1) is 24.7 Å². The summed E-state index contributed by atoms with van der Waals surface area (Å²) >= 11 is 0. The number of ether oxygens (including phenoxy) is 1. The van der Waals surface area contributed by atoms with Crippen molar-refractivity contribution >= 4 is 17.7 Å². The molecule has 2 N–H and O–H groups in total. The van der Waals surface area contributed by atoms with E-state index in [-0.39, 0.29) is 64.4 Å². The van der Waals surface area contributed by atoms with E-state index in [1.807, 2.05) is 19.9 Å². The van der Waals surface area contributed by atoms with E-state index in [1.165, 1.54) is 7.11 Å². The van der Waals surface area contributed by atoms with Gasteiger partial charge in [0.2, 0.25) is 0 Å². The van der Waals surface area contributed by atoms with Gasteiger partial charge in [-0.05, 0) is 103 Å². The van der Waals surface area contributed by atoms with E-state index in [4.69, 9.17) is 4.74 Å². The highest BCUT2D eigenvalue weighted by Crippen LogP contribution is 2.77. The molecule has 1 unspecified atom stereocenters. The summed E-state index contributed by atoms with van der Waals surface area (Å²) in [5, 5.41) is 20.1. The SMILES string of the molecule is C=C(CO)[C@@H]1CC[C@]2(C(=O)OC)CC[C@]3(C)C(CC[C@@H]4[C@@]5(C)C=C(C(=O)O)C(=O)C(C)(C)[C@@H]5CC[C@]43C)[C@@H]12. The molecule has 0 heterocycles. The van der Waals surface area contributed by atoms with Crippen LogP contribution in [0.15, 0.2) is 23.8 Å². The summed E-state index contributed by atoms with van der Waals surface area (Å²) in [6, 6.07) is 0. The van der Waals surface area contributed by atoms with Crippen molar-refractivity contribution in [2.24, 2.45) is 56.7 Å². The lowest BCUT2D eigenvalue weighted by Crippen LogP contribution is -2.66. The summed E-state index contributed by atoms with van der Waals surface area (Å²) in [4.78, 5) is 38.9. The third-order valence-corrected chi connectivity index (χ3v) is 13.3. The topological polar surface area (TPSA) is 101 Å². The fourth-order valence-electron chi connectivity index (χ4n) is 11.4. The van der Waals surface area contributed by atoms with E-state index in [9.17, 15) is 24.6 Å². The first-order valence-electron chi connectivity index (χ1n) is 14.5. The maximum atomic E-state index is 13.4. The number of carboxylic acid groups (broad SMARTS) is 1. The van der Waals surface area contributed by atoms with Gasteiger partial charge in [-0.15, -0.1) is 0 Å². The highest BCUT2D eigenvalue weighted by molar-refractivity contribution is 6.19. The second-order valence-corrected chi connectivity index (χ2v) is 14.6. The third-order valence-electron chi connectivity index (χ3n) is 13.3. The maximum absolute atomic E-state index is 13.4. The number of Topliss-reactive ketones (excluding diaryl/α,β-unsaturated/α-hetero) is 1. The van der Waals surface area contributed by atoms with Crippen molar-refractivity contribution in [1.29, 1.82) is 0 Å². The minimum atomic E-state index is -1.12. The Bertz CT molecular complexity index is 1120. The molecule has 5 aliphatic rings. The van der Waals surface area contributed by atoms with Gasteiger partial charge in [0, 0.05) is 5.41 Å². The quantitative estimate of drug-likeness (QED) is 0.281. The lowest BCUT2D eigenvalue weighted by atomic mass is 9.32. The number of carbonyl (C=O) groups is 3. The Morgan fingerprint density at radius 2 is 1.66 bits per heavy atom. The molecule has 0 spiro atoms. The normalized spacial score (nSPS) is 47.1. The van der Waals surface area contributed by atoms with Crippen molar-refractivity contribution in [1.82, 2.24) is 0 Å². The number of aliphatic hydroxyl groups excluding tert-OH is 1. The van der Waals surface area contributed by atoms with E-state index in [0.29, 0.717) is 0 Å². The Kier molecular flexibility index (Phi) is 6.19. The average molecular weight is 527 g/mol. The molecule has 0 radical (unpaired) electrons. The molecule has 5 rings (SSSR count). The first-order valence-corrected chi connectivity index (χ1v) is 14.5. The van der Waals surface area contributed by atoms with Gasteiger partial charge in [-0.3, -0.25) is 9.59 Å². The lowest BCUT2D eigenvalue weighted by Gasteiger charge is -2.71. The van der Waals surface area contributed by atoms with Crippen molar-refractivity contribution in [3.05, 3.63) is 23.8 Å². The molecule has 6 nitrogen and oxygen atoms in total. The molecule has 0 saturated heterocycles. The van der Waals surface area contributed by atoms with Gasteiger partial charge >= 0.3 is 11.9 Å². The van der Waals surface area contributed by atoms with E-state index in [2.05, 4.69) is 27.4 Å². The number of carbonyl (C=O) groups excluding carboxylic acids is 2.